The third-order valence-corrected chi connectivity index (χ3v) is 27.4. The van der Waals surface area contributed by atoms with Crippen molar-refractivity contribution in [2.45, 2.75) is 14.9 Å². The third kappa shape index (κ3) is 14.9. The predicted molar refractivity (Wildman–Crippen MR) is 558 cm³/mol. The Morgan fingerprint density at radius 1 is 0.152 bits per heavy atom. The molecule has 0 N–H and O–H groups in total. The van der Waals surface area contributed by atoms with Crippen LogP contribution in [-0.2, 0) is 0 Å². The minimum atomic E-state index is 0. The summed E-state index contributed by atoms with van der Waals surface area (Å²) in [7, 11) is 0. The monoisotopic (exact) mass is 1720 g/mol. The highest BCUT2D eigenvalue weighted by atomic mass is 32.1. The van der Waals surface area contributed by atoms with Gasteiger partial charge in [0.1, 0.15) is 0 Å². The van der Waals surface area contributed by atoms with E-state index in [4.69, 9.17) is 29.9 Å². The van der Waals surface area contributed by atoms with Gasteiger partial charge in [0.2, 0.25) is 0 Å². The number of thiophene rings is 2. The zero-order valence-electron chi connectivity index (χ0n) is 70.3. The smallest absolute Gasteiger partial charge is 0.164 e. The van der Waals surface area contributed by atoms with Crippen LogP contribution in [0, 0.1) is 0 Å². The molecule has 0 amide bonds. The van der Waals surface area contributed by atoms with Gasteiger partial charge < -0.3 is 9.13 Å². The van der Waals surface area contributed by atoms with E-state index in [2.05, 4.69) is 434 Å². The summed E-state index contributed by atoms with van der Waals surface area (Å²) in [6.07, 6.45) is 0. The van der Waals surface area contributed by atoms with E-state index in [0.29, 0.717) is 34.9 Å². The maximum Gasteiger partial charge on any atom is 0.164 e. The normalized spacial score (nSPS) is 11.4. The second-order valence-electron chi connectivity index (χ2n) is 32.7. The van der Waals surface area contributed by atoms with Crippen molar-refractivity contribution in [3.05, 3.63) is 461 Å². The highest BCUT2D eigenvalue weighted by molar-refractivity contribution is 7.26. The maximum atomic E-state index is 5.25. The molecule has 25 rings (SSSR count). The molecule has 0 atom stereocenters. The van der Waals surface area contributed by atoms with Crippen LogP contribution in [-0.4, -0.2) is 39.0 Å². The fourth-order valence-electron chi connectivity index (χ4n) is 18.6. The fraction of sp³-hybridized carbons (Fsp3) is 0.0164. The minimum absolute atomic E-state index is 0. The lowest BCUT2D eigenvalue weighted by atomic mass is 9.99. The van der Waals surface area contributed by atoms with Gasteiger partial charge in [0.05, 0.1) is 33.4 Å². The molecule has 6 aromatic heterocycles. The second kappa shape index (κ2) is 34.8. The number of rotatable bonds is 15. The fourth-order valence-corrected chi connectivity index (χ4v) is 21.1. The molecule has 624 valence electrons. The Morgan fingerprint density at radius 2 is 0.394 bits per heavy atom. The van der Waals surface area contributed by atoms with E-state index in [-0.39, 0.29) is 14.9 Å². The third-order valence-electron chi connectivity index (χ3n) is 25.0. The first-order valence-electron chi connectivity index (χ1n) is 43.8. The average Bonchev–Trinajstić information content (AvgIpc) is 1.58. The van der Waals surface area contributed by atoms with E-state index >= 15 is 0 Å². The second-order valence-corrected chi connectivity index (χ2v) is 34.8. The van der Waals surface area contributed by atoms with E-state index in [0.717, 1.165) is 117 Å². The van der Waals surface area contributed by atoms with Crippen LogP contribution in [0.1, 0.15) is 14.9 Å². The van der Waals surface area contributed by atoms with Crippen LogP contribution in [0.5, 0.6) is 0 Å². The first kappa shape index (κ1) is 81.0. The molecule has 8 nitrogen and oxygen atoms in total. The summed E-state index contributed by atoms with van der Waals surface area (Å²) in [5.41, 5.74) is 28.4. The van der Waals surface area contributed by atoms with Gasteiger partial charge in [-0.3, -0.25) is 0 Å². The number of hydrogen-bond acceptors (Lipinski definition) is 8. The molecule has 132 heavy (non-hydrogen) atoms. The van der Waals surface area contributed by atoms with Crippen molar-refractivity contribution in [2.24, 2.45) is 0 Å². The lowest BCUT2D eigenvalue weighted by Gasteiger charge is -2.16. The first-order valence-corrected chi connectivity index (χ1v) is 45.4. The van der Waals surface area contributed by atoms with Crippen LogP contribution in [0.2, 0.25) is 0 Å². The molecule has 0 bridgehead atoms. The van der Waals surface area contributed by atoms with Gasteiger partial charge in [0, 0.05) is 106 Å². The topological polar surface area (TPSA) is 87.2 Å². The number of para-hydroxylation sites is 2. The Kier molecular flexibility index (Phi) is 21.3. The van der Waals surface area contributed by atoms with Gasteiger partial charge in [-0.15, -0.1) is 22.7 Å². The Balaban J connectivity index is 0.000000153. The Bertz CT molecular complexity index is 8510. The standard InChI is InChI=1S/C63H40N4S.C57H36N4S.2CH4/c1-4-15-41(16-5-1)43-27-31-46(32-28-43)61-64-62(47-33-29-44(30-34-47)42-17-6-2-7-18-42)66-63(65-61)49-36-38-57(55(39-49)45-19-8-3-9-20-45)67-56-25-12-10-21-51(56)52-37-35-48(40-58(52)67)50-23-14-24-54-53-22-11-13-26-59(53)68-60(50)54;1-4-15-37(16-5-1)38-27-29-41(30-28-38)56-58-55(40-19-8-3-9-20-40)59-57(60-56)43-32-34-51(49(35-43)39-17-6-2-7-18-39)61-50-25-12-10-21-45(50)46-33-31-42(36-52(46)61)44-23-14-24-48-47-22-11-13-26-53(47)62-54(44)48;;/h1-40H;1-36H;2*1H4. The van der Waals surface area contributed by atoms with Crippen molar-refractivity contribution in [2.75, 3.05) is 0 Å². The molecular weight excluding hydrogens is 1640 g/mol. The summed E-state index contributed by atoms with van der Waals surface area (Å²) in [6.45, 7) is 0. The van der Waals surface area contributed by atoms with Gasteiger partial charge in [-0.1, -0.05) is 403 Å². The molecule has 0 saturated heterocycles. The van der Waals surface area contributed by atoms with Crippen molar-refractivity contribution in [3.63, 3.8) is 0 Å². The Hall–Kier alpha value is -16.8. The summed E-state index contributed by atoms with van der Waals surface area (Å²) >= 11 is 3.74. The predicted octanol–water partition coefficient (Wildman–Crippen LogP) is 33.6. The van der Waals surface area contributed by atoms with E-state index in [1.54, 1.807) is 0 Å². The van der Waals surface area contributed by atoms with Crippen LogP contribution < -0.4 is 0 Å². The van der Waals surface area contributed by atoms with Gasteiger partial charge in [-0.2, -0.15) is 0 Å². The lowest BCUT2D eigenvalue weighted by Crippen LogP contribution is -2.02. The summed E-state index contributed by atoms with van der Waals surface area (Å²) in [5, 5.41) is 10.0. The molecule has 0 spiro atoms. The molecule has 10 heteroatoms. The lowest BCUT2D eigenvalue weighted by molar-refractivity contribution is 1.07. The maximum absolute atomic E-state index is 5.25. The number of aromatic nitrogens is 8. The molecule has 0 unspecified atom stereocenters. The summed E-state index contributed by atoms with van der Waals surface area (Å²) in [6, 6.07) is 164. The highest BCUT2D eigenvalue weighted by Gasteiger charge is 2.25. The molecule has 6 heterocycles. The molecule has 0 aliphatic heterocycles. The van der Waals surface area contributed by atoms with Gasteiger partial charge in [0.15, 0.2) is 34.9 Å². The minimum Gasteiger partial charge on any atom is -0.309 e. The molecule has 19 aromatic carbocycles. The molecule has 0 aliphatic rings. The van der Waals surface area contributed by atoms with Gasteiger partial charge in [-0.25, -0.2) is 29.9 Å². The van der Waals surface area contributed by atoms with Crippen molar-refractivity contribution in [1.29, 1.82) is 0 Å². The number of nitrogens with zero attached hydrogens (tertiary/aromatic N) is 8. The molecule has 0 radical (unpaired) electrons. The number of hydrogen-bond donors (Lipinski definition) is 0. The van der Waals surface area contributed by atoms with E-state index < -0.39 is 0 Å². The van der Waals surface area contributed by atoms with Crippen LogP contribution in [0.15, 0.2) is 461 Å². The zero-order valence-corrected chi connectivity index (χ0v) is 71.9. The van der Waals surface area contributed by atoms with E-state index in [1.807, 2.05) is 59.1 Å². The van der Waals surface area contributed by atoms with Crippen LogP contribution in [0.4, 0.5) is 0 Å². The number of benzene rings is 19. The quantitative estimate of drug-likeness (QED) is 0.102. The van der Waals surface area contributed by atoms with Crippen molar-refractivity contribution in [1.82, 2.24) is 39.0 Å². The molecule has 0 aliphatic carbocycles. The van der Waals surface area contributed by atoms with Gasteiger partial charge in [0.25, 0.3) is 0 Å². The first-order chi connectivity index (χ1) is 64.4. The molecule has 0 saturated carbocycles. The SMILES string of the molecule is C.C.c1ccc(-c2ccc(-c3nc(-c4ccc(-c5ccccc5)cc4)nc(-c4ccc(-n5c6ccccc6c6ccc(-c7cccc8c7sc7ccccc78)cc65)c(-c5ccccc5)c4)n3)cc2)cc1.c1ccc(-c2ccc(-c3nc(-c4ccccc4)nc(-c4ccc(-n5c6ccccc6c6ccc(-c7cccc8c7sc7ccccc78)cc65)c(-c5ccccc5)c4)n3)cc2)cc1. The largest absolute Gasteiger partial charge is 0.309 e. The zero-order chi connectivity index (χ0) is 86.0. The van der Waals surface area contributed by atoms with Crippen molar-refractivity contribution >= 4 is 107 Å². The average molecular weight is 1730 g/mol. The Morgan fingerprint density at radius 3 is 0.742 bits per heavy atom. The van der Waals surface area contributed by atoms with E-state index in [1.165, 1.54) is 89.7 Å². The Labute approximate surface area is 773 Å². The van der Waals surface area contributed by atoms with Crippen molar-refractivity contribution < 1.29 is 0 Å². The van der Waals surface area contributed by atoms with E-state index in [9.17, 15) is 0 Å². The molecular formula is C122H84N8S2. The van der Waals surface area contributed by atoms with Gasteiger partial charge in [-0.05, 0) is 140 Å². The van der Waals surface area contributed by atoms with Gasteiger partial charge >= 0.3 is 0 Å². The summed E-state index contributed by atoms with van der Waals surface area (Å²) in [4.78, 5) is 31.0. The highest BCUT2D eigenvalue weighted by Crippen LogP contribution is 2.48. The molecule has 25 aromatic rings. The van der Waals surface area contributed by atoms with Crippen molar-refractivity contribution in [3.8, 4) is 158 Å². The summed E-state index contributed by atoms with van der Waals surface area (Å²) in [5.74, 6) is 3.71. The van der Waals surface area contributed by atoms with Crippen LogP contribution >= 0.6 is 22.7 Å². The van der Waals surface area contributed by atoms with Crippen LogP contribution in [0.25, 0.3) is 242 Å². The summed E-state index contributed by atoms with van der Waals surface area (Å²) < 4.78 is 10.1. The van der Waals surface area contributed by atoms with Crippen LogP contribution in [0.3, 0.4) is 0 Å². The number of fused-ring (bicyclic) bond motifs is 12. The molecule has 0 fully saturated rings.